The van der Waals surface area contributed by atoms with Crippen LogP contribution in [0, 0.1) is 0 Å². The van der Waals surface area contributed by atoms with E-state index in [-0.39, 0.29) is 0 Å². The molecule has 2 N–H and O–H groups in total. The van der Waals surface area contributed by atoms with Crippen molar-refractivity contribution in [2.24, 2.45) is 0 Å². The minimum Gasteiger partial charge on any atom is -0.497 e. The van der Waals surface area contributed by atoms with Crippen LogP contribution in [0.1, 0.15) is 25.3 Å². The molecule has 0 fully saturated rings. The predicted molar refractivity (Wildman–Crippen MR) is 129 cm³/mol. The Kier molecular flexibility index (Phi) is 6.28. The average molecular weight is 415 g/mol. The Balaban J connectivity index is 1.53. The lowest BCUT2D eigenvalue weighted by Crippen LogP contribution is -2.25. The lowest BCUT2D eigenvalue weighted by Gasteiger charge is -2.18. The molecule has 0 saturated carbocycles. The van der Waals surface area contributed by atoms with Crippen LogP contribution in [-0.4, -0.2) is 29.4 Å². The second-order valence-electron chi connectivity index (χ2n) is 8.24. The van der Waals surface area contributed by atoms with Crippen molar-refractivity contribution < 1.29 is 9.84 Å². The van der Waals surface area contributed by atoms with Gasteiger partial charge in [0.2, 0.25) is 0 Å². The summed E-state index contributed by atoms with van der Waals surface area (Å²) in [4.78, 5) is 0. The van der Waals surface area contributed by atoms with Crippen molar-refractivity contribution in [1.29, 1.82) is 0 Å². The molecule has 1 atom stereocenters. The van der Waals surface area contributed by atoms with E-state index in [9.17, 15) is 5.11 Å². The molecule has 0 amide bonds. The van der Waals surface area contributed by atoms with Gasteiger partial charge in [-0.3, -0.25) is 0 Å². The molecule has 0 spiro atoms. The number of rotatable bonds is 8. The zero-order valence-corrected chi connectivity index (χ0v) is 18.4. The topological polar surface area (TPSA) is 46.4 Å². The monoisotopic (exact) mass is 414 g/mol. The summed E-state index contributed by atoms with van der Waals surface area (Å²) in [5.74, 6) is 1.34. The summed E-state index contributed by atoms with van der Waals surface area (Å²) in [5, 5.41) is 15.4. The molecule has 1 aromatic heterocycles. The fourth-order valence-electron chi connectivity index (χ4n) is 3.90. The van der Waals surface area contributed by atoms with E-state index in [2.05, 4.69) is 78.3 Å². The van der Waals surface area contributed by atoms with E-state index in [1.807, 2.05) is 24.3 Å². The molecule has 4 nitrogen and oxygen atoms in total. The number of anilines is 1. The smallest absolute Gasteiger partial charge is 0.118 e. The van der Waals surface area contributed by atoms with Crippen molar-refractivity contribution in [3.8, 4) is 17.0 Å². The molecule has 160 valence electrons. The highest BCUT2D eigenvalue weighted by atomic mass is 16.5. The minimum atomic E-state index is -0.530. The van der Waals surface area contributed by atoms with E-state index in [0.29, 0.717) is 19.0 Å². The molecule has 0 bridgehead atoms. The number of para-hydroxylation sites is 1. The molecule has 0 aliphatic rings. The van der Waals surface area contributed by atoms with Gasteiger partial charge in [-0.1, -0.05) is 44.2 Å². The van der Waals surface area contributed by atoms with Gasteiger partial charge in [0, 0.05) is 28.8 Å². The highest BCUT2D eigenvalue weighted by Crippen LogP contribution is 2.30. The van der Waals surface area contributed by atoms with Gasteiger partial charge >= 0.3 is 0 Å². The molecule has 0 radical (unpaired) electrons. The summed E-state index contributed by atoms with van der Waals surface area (Å²) in [6.07, 6.45) is -0.530. The van der Waals surface area contributed by atoms with Crippen molar-refractivity contribution >= 4 is 16.6 Å². The Morgan fingerprint density at radius 1 is 0.935 bits per heavy atom. The van der Waals surface area contributed by atoms with Crippen LogP contribution in [-0.2, 0) is 6.54 Å². The van der Waals surface area contributed by atoms with Crippen LogP contribution in [0.25, 0.3) is 22.2 Å². The summed E-state index contributed by atoms with van der Waals surface area (Å²) in [7, 11) is 1.67. The van der Waals surface area contributed by atoms with Gasteiger partial charge in [0.05, 0.1) is 19.8 Å². The fourth-order valence-corrected chi connectivity index (χ4v) is 3.90. The number of nitrogens with zero attached hydrogens (tertiary/aromatic N) is 1. The molecular weight excluding hydrogens is 384 g/mol. The second-order valence-corrected chi connectivity index (χ2v) is 8.24. The highest BCUT2D eigenvalue weighted by Gasteiger charge is 2.14. The van der Waals surface area contributed by atoms with Gasteiger partial charge in [-0.15, -0.1) is 0 Å². The molecule has 0 aliphatic heterocycles. The molecule has 0 saturated heterocycles. The maximum atomic E-state index is 10.8. The van der Waals surface area contributed by atoms with E-state index in [1.165, 1.54) is 5.56 Å². The molecule has 31 heavy (non-hydrogen) atoms. The van der Waals surface area contributed by atoms with Gasteiger partial charge in [-0.25, -0.2) is 0 Å². The molecular formula is C27H30N2O2. The molecule has 1 unspecified atom stereocenters. The second kappa shape index (κ2) is 9.27. The standard InChI is InChI=1S/C27H30N2O2/c1-19(2)20-8-12-23(13-9-20)28-17-24(30)18-29-26-7-5-4-6-22(26)16-27(29)21-10-14-25(31-3)15-11-21/h4-16,19,24,28,30H,17-18H2,1-3H3. The average Bonchev–Trinajstić information content (AvgIpc) is 3.16. The zero-order chi connectivity index (χ0) is 21.8. The summed E-state index contributed by atoms with van der Waals surface area (Å²) in [6, 6.07) is 27.0. The number of hydrogen-bond donors (Lipinski definition) is 2. The number of aliphatic hydroxyl groups excluding tert-OH is 1. The highest BCUT2D eigenvalue weighted by molar-refractivity contribution is 5.87. The van der Waals surface area contributed by atoms with E-state index in [4.69, 9.17) is 4.74 Å². The summed E-state index contributed by atoms with van der Waals surface area (Å²) in [5.41, 5.74) is 5.64. The molecule has 0 aliphatic carbocycles. The van der Waals surface area contributed by atoms with Crippen molar-refractivity contribution in [3.05, 3.63) is 84.4 Å². The van der Waals surface area contributed by atoms with Crippen LogP contribution in [0.4, 0.5) is 5.69 Å². The fraction of sp³-hybridized carbons (Fsp3) is 0.259. The lowest BCUT2D eigenvalue weighted by molar-refractivity contribution is 0.169. The molecule has 3 aromatic carbocycles. The molecule has 4 rings (SSSR count). The summed E-state index contributed by atoms with van der Waals surface area (Å²) >= 11 is 0. The minimum absolute atomic E-state index is 0.482. The Labute approximate surface area is 184 Å². The maximum Gasteiger partial charge on any atom is 0.118 e. The van der Waals surface area contributed by atoms with Crippen LogP contribution in [0.2, 0.25) is 0 Å². The number of aromatic nitrogens is 1. The third-order valence-corrected chi connectivity index (χ3v) is 5.71. The third-order valence-electron chi connectivity index (χ3n) is 5.71. The number of nitrogens with one attached hydrogen (secondary N) is 1. The van der Waals surface area contributed by atoms with Gasteiger partial charge in [0.25, 0.3) is 0 Å². The van der Waals surface area contributed by atoms with Crippen LogP contribution in [0.3, 0.4) is 0 Å². The number of hydrogen-bond acceptors (Lipinski definition) is 3. The predicted octanol–water partition coefficient (Wildman–Crippen LogP) is 5.91. The Morgan fingerprint density at radius 2 is 1.65 bits per heavy atom. The van der Waals surface area contributed by atoms with Crippen molar-refractivity contribution in [3.63, 3.8) is 0 Å². The first-order valence-corrected chi connectivity index (χ1v) is 10.8. The third kappa shape index (κ3) is 4.75. The van der Waals surface area contributed by atoms with E-state index in [0.717, 1.165) is 33.6 Å². The van der Waals surface area contributed by atoms with E-state index >= 15 is 0 Å². The molecule has 4 aromatic rings. The maximum absolute atomic E-state index is 10.8. The number of methoxy groups -OCH3 is 1. The van der Waals surface area contributed by atoms with Crippen LogP contribution >= 0.6 is 0 Å². The van der Waals surface area contributed by atoms with E-state index in [1.54, 1.807) is 7.11 Å². The zero-order valence-electron chi connectivity index (χ0n) is 18.4. The van der Waals surface area contributed by atoms with Gasteiger partial charge < -0.3 is 19.7 Å². The summed E-state index contributed by atoms with van der Waals surface area (Å²) in [6.45, 7) is 5.36. The normalized spacial score (nSPS) is 12.3. The molecule has 4 heteroatoms. The van der Waals surface area contributed by atoms with Crippen LogP contribution in [0.5, 0.6) is 5.75 Å². The Morgan fingerprint density at radius 3 is 2.32 bits per heavy atom. The van der Waals surface area contributed by atoms with Gasteiger partial charge in [0.15, 0.2) is 0 Å². The number of aliphatic hydroxyl groups is 1. The van der Waals surface area contributed by atoms with Crippen molar-refractivity contribution in [2.75, 3.05) is 19.0 Å². The first-order valence-electron chi connectivity index (χ1n) is 10.8. The molecule has 1 heterocycles. The van der Waals surface area contributed by atoms with E-state index < -0.39 is 6.10 Å². The number of benzene rings is 3. The number of fused-ring (bicyclic) bond motifs is 1. The summed E-state index contributed by atoms with van der Waals surface area (Å²) < 4.78 is 7.50. The lowest BCUT2D eigenvalue weighted by atomic mass is 10.0. The number of ether oxygens (including phenoxy) is 1. The SMILES string of the molecule is COc1ccc(-c2cc3ccccc3n2CC(O)CNc2ccc(C(C)C)cc2)cc1. The Hall–Kier alpha value is -3.24. The quantitative estimate of drug-likeness (QED) is 0.377. The Bertz CT molecular complexity index is 1130. The largest absolute Gasteiger partial charge is 0.497 e. The van der Waals surface area contributed by atoms with Gasteiger partial charge in [-0.05, 0) is 65.6 Å². The first kappa shape index (κ1) is 21.0. The van der Waals surface area contributed by atoms with Gasteiger partial charge in [-0.2, -0.15) is 0 Å². The van der Waals surface area contributed by atoms with Crippen molar-refractivity contribution in [2.45, 2.75) is 32.4 Å². The first-order chi connectivity index (χ1) is 15.0. The van der Waals surface area contributed by atoms with Gasteiger partial charge in [0.1, 0.15) is 5.75 Å². The van der Waals surface area contributed by atoms with Crippen LogP contribution < -0.4 is 10.1 Å². The van der Waals surface area contributed by atoms with Crippen molar-refractivity contribution in [1.82, 2.24) is 4.57 Å². The van der Waals surface area contributed by atoms with Crippen LogP contribution in [0.15, 0.2) is 78.9 Å².